The number of amides is 2. The molecule has 1 saturated heterocycles. The van der Waals surface area contributed by atoms with Crippen molar-refractivity contribution in [3.63, 3.8) is 0 Å². The zero-order valence-corrected chi connectivity index (χ0v) is 16.7. The summed E-state index contributed by atoms with van der Waals surface area (Å²) < 4.78 is 5.42. The number of anilines is 2. The fourth-order valence-corrected chi connectivity index (χ4v) is 3.86. The van der Waals surface area contributed by atoms with E-state index < -0.39 is 0 Å². The molecule has 0 radical (unpaired) electrons. The van der Waals surface area contributed by atoms with Crippen LogP contribution in [0.2, 0.25) is 0 Å². The maximum Gasteiger partial charge on any atom is 0.228 e. The van der Waals surface area contributed by atoms with Gasteiger partial charge in [-0.25, -0.2) is 0 Å². The second-order valence-electron chi connectivity index (χ2n) is 7.73. The molecule has 29 heavy (non-hydrogen) atoms. The normalized spacial score (nSPS) is 20.8. The smallest absolute Gasteiger partial charge is 0.228 e. The molecule has 1 aliphatic carbocycles. The molecule has 0 aromatic heterocycles. The standard InChI is InChI=1S/C23H27N3O3/c1-25(16-17-7-3-2-4-8-17)23(28)19-15-18(19)22(27)24-20-9-5-6-10-21(20)26-11-13-29-14-12-26/h2-10,18-19H,11-16H2,1H3,(H,24,27). The summed E-state index contributed by atoms with van der Waals surface area (Å²) in [5.41, 5.74) is 2.90. The van der Waals surface area contributed by atoms with Gasteiger partial charge in [-0.1, -0.05) is 42.5 Å². The minimum Gasteiger partial charge on any atom is -0.378 e. The molecule has 2 unspecified atom stereocenters. The molecule has 2 aliphatic rings. The largest absolute Gasteiger partial charge is 0.378 e. The first-order chi connectivity index (χ1) is 14.1. The highest BCUT2D eigenvalue weighted by atomic mass is 16.5. The number of nitrogens with zero attached hydrogens (tertiary/aromatic N) is 2. The first-order valence-electron chi connectivity index (χ1n) is 10.1. The summed E-state index contributed by atoms with van der Waals surface area (Å²) in [5, 5.41) is 3.05. The average Bonchev–Trinajstić information content (AvgIpc) is 3.56. The number of carbonyl (C=O) groups is 2. The quantitative estimate of drug-likeness (QED) is 0.820. The number of nitrogens with one attached hydrogen (secondary N) is 1. The van der Waals surface area contributed by atoms with Gasteiger partial charge in [-0.2, -0.15) is 0 Å². The van der Waals surface area contributed by atoms with Crippen LogP contribution in [0.5, 0.6) is 0 Å². The van der Waals surface area contributed by atoms with Gasteiger partial charge >= 0.3 is 0 Å². The highest BCUT2D eigenvalue weighted by Gasteiger charge is 2.49. The van der Waals surface area contributed by atoms with Crippen molar-refractivity contribution >= 4 is 23.2 Å². The highest BCUT2D eigenvalue weighted by Crippen LogP contribution is 2.41. The van der Waals surface area contributed by atoms with Crippen LogP contribution in [0.4, 0.5) is 11.4 Å². The van der Waals surface area contributed by atoms with Gasteiger partial charge in [0.25, 0.3) is 0 Å². The van der Waals surface area contributed by atoms with Gasteiger partial charge in [-0.05, 0) is 24.1 Å². The molecular formula is C23H27N3O3. The van der Waals surface area contributed by atoms with E-state index in [9.17, 15) is 9.59 Å². The first kappa shape index (κ1) is 19.5. The van der Waals surface area contributed by atoms with Crippen LogP contribution in [-0.4, -0.2) is 50.1 Å². The summed E-state index contributed by atoms with van der Waals surface area (Å²) in [7, 11) is 1.80. The molecule has 2 fully saturated rings. The molecule has 2 amide bonds. The van der Waals surface area contributed by atoms with Gasteiger partial charge in [-0.3, -0.25) is 9.59 Å². The lowest BCUT2D eigenvalue weighted by atomic mass is 10.2. The molecule has 1 heterocycles. The van der Waals surface area contributed by atoms with Gasteiger partial charge in [-0.15, -0.1) is 0 Å². The van der Waals surface area contributed by atoms with E-state index in [0.717, 1.165) is 30.0 Å². The van der Waals surface area contributed by atoms with Crippen LogP contribution in [-0.2, 0) is 20.9 Å². The molecule has 1 aliphatic heterocycles. The predicted octanol–water partition coefficient (Wildman–Crippen LogP) is 2.76. The van der Waals surface area contributed by atoms with Gasteiger partial charge < -0.3 is 19.9 Å². The molecule has 0 spiro atoms. The fraction of sp³-hybridized carbons (Fsp3) is 0.391. The number of morpholine rings is 1. The van der Waals surface area contributed by atoms with E-state index >= 15 is 0 Å². The number of para-hydroxylation sites is 2. The van der Waals surface area contributed by atoms with E-state index in [4.69, 9.17) is 4.74 Å². The van der Waals surface area contributed by atoms with Crippen molar-refractivity contribution in [1.29, 1.82) is 0 Å². The number of ether oxygens (including phenoxy) is 1. The lowest BCUT2D eigenvalue weighted by molar-refractivity contribution is -0.133. The predicted molar refractivity (Wildman–Crippen MR) is 113 cm³/mol. The van der Waals surface area contributed by atoms with Crippen molar-refractivity contribution in [2.45, 2.75) is 13.0 Å². The van der Waals surface area contributed by atoms with Gasteiger partial charge in [0, 0.05) is 26.7 Å². The minimum atomic E-state index is -0.251. The summed E-state index contributed by atoms with van der Waals surface area (Å²) in [5.74, 6) is -0.509. The third-order valence-electron chi connectivity index (χ3n) is 5.60. The van der Waals surface area contributed by atoms with Gasteiger partial charge in [0.15, 0.2) is 0 Å². The Labute approximate surface area is 171 Å². The Morgan fingerprint density at radius 1 is 1.03 bits per heavy atom. The molecule has 0 bridgehead atoms. The molecule has 2 atom stereocenters. The van der Waals surface area contributed by atoms with Crippen LogP contribution in [0, 0.1) is 11.8 Å². The molecule has 6 nitrogen and oxygen atoms in total. The summed E-state index contributed by atoms with van der Waals surface area (Å²) in [4.78, 5) is 29.4. The van der Waals surface area contributed by atoms with E-state index in [0.29, 0.717) is 26.2 Å². The van der Waals surface area contributed by atoms with Crippen molar-refractivity contribution in [2.75, 3.05) is 43.6 Å². The number of rotatable bonds is 6. The Morgan fingerprint density at radius 3 is 2.48 bits per heavy atom. The topological polar surface area (TPSA) is 61.9 Å². The Kier molecular flexibility index (Phi) is 5.81. The second kappa shape index (κ2) is 8.66. The van der Waals surface area contributed by atoms with Crippen molar-refractivity contribution in [3.8, 4) is 0 Å². The van der Waals surface area contributed by atoms with Crippen LogP contribution in [0.3, 0.4) is 0 Å². The van der Waals surface area contributed by atoms with Crippen molar-refractivity contribution in [1.82, 2.24) is 4.90 Å². The minimum absolute atomic E-state index is 0.0375. The number of hydrogen-bond donors (Lipinski definition) is 1. The van der Waals surface area contributed by atoms with E-state index in [2.05, 4.69) is 10.2 Å². The molecule has 152 valence electrons. The molecular weight excluding hydrogens is 366 g/mol. The molecule has 1 N–H and O–H groups in total. The monoisotopic (exact) mass is 393 g/mol. The van der Waals surface area contributed by atoms with Crippen LogP contribution < -0.4 is 10.2 Å². The van der Waals surface area contributed by atoms with Crippen molar-refractivity contribution in [2.24, 2.45) is 11.8 Å². The average molecular weight is 393 g/mol. The van der Waals surface area contributed by atoms with Gasteiger partial charge in [0.1, 0.15) is 0 Å². The Balaban J connectivity index is 1.35. The SMILES string of the molecule is CN(Cc1ccccc1)C(=O)C1CC1C(=O)Nc1ccccc1N1CCOCC1. The number of hydrogen-bond acceptors (Lipinski definition) is 4. The molecule has 6 heteroatoms. The molecule has 2 aromatic carbocycles. The maximum atomic E-state index is 12.8. The van der Waals surface area contributed by atoms with E-state index in [1.54, 1.807) is 11.9 Å². The van der Waals surface area contributed by atoms with E-state index in [-0.39, 0.29) is 23.7 Å². The van der Waals surface area contributed by atoms with Crippen LogP contribution in [0.1, 0.15) is 12.0 Å². The second-order valence-corrected chi connectivity index (χ2v) is 7.73. The van der Waals surface area contributed by atoms with Crippen molar-refractivity contribution in [3.05, 3.63) is 60.2 Å². The van der Waals surface area contributed by atoms with Crippen LogP contribution in [0.15, 0.2) is 54.6 Å². The van der Waals surface area contributed by atoms with Crippen molar-refractivity contribution < 1.29 is 14.3 Å². The zero-order valence-electron chi connectivity index (χ0n) is 16.7. The zero-order chi connectivity index (χ0) is 20.2. The first-order valence-corrected chi connectivity index (χ1v) is 10.1. The Morgan fingerprint density at radius 2 is 1.72 bits per heavy atom. The summed E-state index contributed by atoms with van der Waals surface area (Å²) in [6.45, 7) is 3.55. The summed E-state index contributed by atoms with van der Waals surface area (Å²) in [6.07, 6.45) is 0.615. The lowest BCUT2D eigenvalue weighted by Crippen LogP contribution is -2.36. The molecule has 4 rings (SSSR count). The lowest BCUT2D eigenvalue weighted by Gasteiger charge is -2.30. The van der Waals surface area contributed by atoms with Crippen LogP contribution >= 0.6 is 0 Å². The third kappa shape index (κ3) is 4.59. The van der Waals surface area contributed by atoms with E-state index in [1.807, 2.05) is 54.6 Å². The fourth-order valence-electron chi connectivity index (χ4n) is 3.86. The number of benzene rings is 2. The number of carbonyl (C=O) groups excluding carboxylic acids is 2. The molecule has 2 aromatic rings. The van der Waals surface area contributed by atoms with Gasteiger partial charge in [0.2, 0.25) is 11.8 Å². The van der Waals surface area contributed by atoms with Gasteiger partial charge in [0.05, 0.1) is 36.4 Å². The Hall–Kier alpha value is -2.86. The highest BCUT2D eigenvalue weighted by molar-refractivity contribution is 6.01. The Bertz CT molecular complexity index is 865. The van der Waals surface area contributed by atoms with Crippen LogP contribution in [0.25, 0.3) is 0 Å². The third-order valence-corrected chi connectivity index (χ3v) is 5.60. The molecule has 1 saturated carbocycles. The maximum absolute atomic E-state index is 12.8. The van der Waals surface area contributed by atoms with E-state index in [1.165, 1.54) is 0 Å². The summed E-state index contributed by atoms with van der Waals surface area (Å²) in [6, 6.07) is 17.7. The summed E-state index contributed by atoms with van der Waals surface area (Å²) >= 11 is 0.